The van der Waals surface area contributed by atoms with Crippen LogP contribution in [0.1, 0.15) is 28.9 Å². The molecule has 0 aromatic heterocycles. The van der Waals surface area contributed by atoms with Crippen LogP contribution in [0.15, 0.2) is 60.0 Å². The summed E-state index contributed by atoms with van der Waals surface area (Å²) in [5, 5.41) is 0.807. The second kappa shape index (κ2) is 4.35. The van der Waals surface area contributed by atoms with Crippen molar-refractivity contribution in [2.45, 2.75) is 12.2 Å². The SMILES string of the molecule is CC1=CS(=O)(=O)C(c2ccccc2)c2ccccc21. The summed E-state index contributed by atoms with van der Waals surface area (Å²) < 4.78 is 25.0. The zero-order valence-corrected chi connectivity index (χ0v) is 11.4. The smallest absolute Gasteiger partial charge is 0.183 e. The molecule has 3 rings (SSSR count). The first-order chi connectivity index (χ1) is 9.09. The molecule has 1 heterocycles. The molecular weight excluding hydrogens is 256 g/mol. The first-order valence-electron chi connectivity index (χ1n) is 6.16. The fourth-order valence-electron chi connectivity index (χ4n) is 2.64. The van der Waals surface area contributed by atoms with E-state index < -0.39 is 15.1 Å². The molecule has 19 heavy (non-hydrogen) atoms. The first-order valence-corrected chi connectivity index (χ1v) is 7.77. The van der Waals surface area contributed by atoms with Gasteiger partial charge in [-0.1, -0.05) is 54.6 Å². The predicted molar refractivity (Wildman–Crippen MR) is 77.3 cm³/mol. The van der Waals surface area contributed by atoms with Gasteiger partial charge in [0.05, 0.1) is 0 Å². The van der Waals surface area contributed by atoms with Gasteiger partial charge in [0.15, 0.2) is 9.84 Å². The minimum atomic E-state index is -3.30. The van der Waals surface area contributed by atoms with Crippen LogP contribution in [-0.2, 0) is 9.84 Å². The van der Waals surface area contributed by atoms with Crippen molar-refractivity contribution in [1.29, 1.82) is 0 Å². The van der Waals surface area contributed by atoms with Crippen molar-refractivity contribution < 1.29 is 8.42 Å². The molecule has 3 heteroatoms. The summed E-state index contributed by atoms with van der Waals surface area (Å²) in [5.41, 5.74) is 3.52. The van der Waals surface area contributed by atoms with Gasteiger partial charge in [0.2, 0.25) is 0 Å². The van der Waals surface area contributed by atoms with E-state index in [4.69, 9.17) is 0 Å². The molecule has 1 aliphatic heterocycles. The number of hydrogen-bond acceptors (Lipinski definition) is 2. The van der Waals surface area contributed by atoms with Gasteiger partial charge in [-0.05, 0) is 29.2 Å². The molecule has 0 aliphatic carbocycles. The predicted octanol–water partition coefficient (Wildman–Crippen LogP) is 3.57. The Hall–Kier alpha value is -1.87. The largest absolute Gasteiger partial charge is 0.223 e. The Kier molecular flexibility index (Phi) is 2.79. The molecule has 0 spiro atoms. The van der Waals surface area contributed by atoms with E-state index in [0.29, 0.717) is 0 Å². The Balaban J connectivity index is 2.30. The van der Waals surface area contributed by atoms with Gasteiger partial charge in [-0.15, -0.1) is 0 Å². The highest BCUT2D eigenvalue weighted by atomic mass is 32.2. The van der Waals surface area contributed by atoms with E-state index in [9.17, 15) is 8.42 Å². The van der Waals surface area contributed by atoms with E-state index >= 15 is 0 Å². The van der Waals surface area contributed by atoms with Gasteiger partial charge in [-0.2, -0.15) is 0 Å². The van der Waals surface area contributed by atoms with Crippen LogP contribution in [0.3, 0.4) is 0 Å². The third-order valence-corrected chi connectivity index (χ3v) is 5.31. The van der Waals surface area contributed by atoms with Gasteiger partial charge in [0.1, 0.15) is 5.25 Å². The van der Waals surface area contributed by atoms with Crippen molar-refractivity contribution in [3.8, 4) is 0 Å². The van der Waals surface area contributed by atoms with Crippen LogP contribution < -0.4 is 0 Å². The average molecular weight is 270 g/mol. The number of fused-ring (bicyclic) bond motifs is 1. The van der Waals surface area contributed by atoms with Crippen molar-refractivity contribution >= 4 is 15.4 Å². The van der Waals surface area contributed by atoms with Gasteiger partial charge in [0.25, 0.3) is 0 Å². The molecule has 2 aromatic carbocycles. The van der Waals surface area contributed by atoms with Gasteiger partial charge in [0, 0.05) is 5.41 Å². The van der Waals surface area contributed by atoms with Gasteiger partial charge in [-0.25, -0.2) is 8.42 Å². The van der Waals surface area contributed by atoms with Crippen LogP contribution in [0.5, 0.6) is 0 Å². The summed E-state index contributed by atoms with van der Waals surface area (Å²) in [6, 6.07) is 17.1. The molecule has 96 valence electrons. The van der Waals surface area contributed by atoms with E-state index in [0.717, 1.165) is 22.3 Å². The first kappa shape index (κ1) is 12.2. The van der Waals surface area contributed by atoms with Gasteiger partial charge in [-0.3, -0.25) is 0 Å². The lowest BCUT2D eigenvalue weighted by Gasteiger charge is -2.24. The second-order valence-corrected chi connectivity index (χ2v) is 6.65. The molecule has 2 aromatic rings. The summed E-state index contributed by atoms with van der Waals surface area (Å²) in [4.78, 5) is 0. The van der Waals surface area contributed by atoms with Crippen molar-refractivity contribution in [3.05, 3.63) is 76.7 Å². The summed E-state index contributed by atoms with van der Waals surface area (Å²) in [5.74, 6) is 0. The zero-order valence-electron chi connectivity index (χ0n) is 10.6. The normalized spacial score (nSPS) is 20.5. The molecule has 0 amide bonds. The second-order valence-electron chi connectivity index (χ2n) is 4.77. The molecule has 1 atom stereocenters. The molecule has 1 aliphatic rings. The van der Waals surface area contributed by atoms with Crippen LogP contribution in [0.2, 0.25) is 0 Å². The molecule has 1 unspecified atom stereocenters. The highest BCUT2D eigenvalue weighted by Gasteiger charge is 2.32. The number of hydrogen-bond donors (Lipinski definition) is 0. The zero-order chi connectivity index (χ0) is 13.5. The fourth-order valence-corrected chi connectivity index (χ4v) is 4.49. The third-order valence-electron chi connectivity index (χ3n) is 3.44. The third kappa shape index (κ3) is 2.00. The van der Waals surface area contributed by atoms with Crippen LogP contribution in [-0.4, -0.2) is 8.42 Å². The Morgan fingerprint density at radius 3 is 2.26 bits per heavy atom. The molecule has 0 saturated carbocycles. The summed E-state index contributed by atoms with van der Waals surface area (Å²) in [6.07, 6.45) is 0. The lowest BCUT2D eigenvalue weighted by Crippen LogP contribution is -2.18. The van der Waals surface area contributed by atoms with Crippen LogP contribution in [0.4, 0.5) is 0 Å². The Labute approximate surface area is 113 Å². The van der Waals surface area contributed by atoms with E-state index in [1.165, 1.54) is 5.41 Å². The standard InChI is InChI=1S/C16H14O2S/c1-12-11-19(17,18)16(13-7-3-2-4-8-13)15-10-6-5-9-14(12)15/h2-11,16H,1H3. The van der Waals surface area contributed by atoms with Crippen LogP contribution in [0, 0.1) is 0 Å². The van der Waals surface area contributed by atoms with Crippen molar-refractivity contribution in [1.82, 2.24) is 0 Å². The molecule has 0 N–H and O–H groups in total. The minimum absolute atomic E-state index is 0.589. The van der Waals surface area contributed by atoms with Crippen LogP contribution >= 0.6 is 0 Å². The van der Waals surface area contributed by atoms with E-state index in [1.54, 1.807) is 0 Å². The molecule has 0 radical (unpaired) electrons. The molecule has 0 saturated heterocycles. The monoisotopic (exact) mass is 270 g/mol. The molecule has 2 nitrogen and oxygen atoms in total. The lowest BCUT2D eigenvalue weighted by molar-refractivity contribution is 0.597. The van der Waals surface area contributed by atoms with Gasteiger partial charge < -0.3 is 0 Å². The maximum absolute atomic E-state index is 12.5. The highest BCUT2D eigenvalue weighted by molar-refractivity contribution is 7.95. The Morgan fingerprint density at radius 2 is 1.53 bits per heavy atom. The Bertz CT molecular complexity index is 743. The van der Waals surface area contributed by atoms with Crippen LogP contribution in [0.25, 0.3) is 5.57 Å². The summed E-state index contributed by atoms with van der Waals surface area (Å²) in [6.45, 7) is 1.84. The van der Waals surface area contributed by atoms with E-state index in [-0.39, 0.29) is 0 Å². The van der Waals surface area contributed by atoms with Gasteiger partial charge >= 0.3 is 0 Å². The highest BCUT2D eigenvalue weighted by Crippen LogP contribution is 2.40. The van der Waals surface area contributed by atoms with E-state index in [1.807, 2.05) is 61.5 Å². The summed E-state index contributed by atoms with van der Waals surface area (Å²) >= 11 is 0. The van der Waals surface area contributed by atoms with E-state index in [2.05, 4.69) is 0 Å². The quantitative estimate of drug-likeness (QED) is 0.794. The lowest BCUT2D eigenvalue weighted by atomic mass is 9.95. The maximum Gasteiger partial charge on any atom is 0.183 e. The van der Waals surface area contributed by atoms with Crippen molar-refractivity contribution in [3.63, 3.8) is 0 Å². The molecular formula is C16H14O2S. The maximum atomic E-state index is 12.5. The number of benzene rings is 2. The fraction of sp³-hybridized carbons (Fsp3) is 0.125. The Morgan fingerprint density at radius 1 is 0.895 bits per heavy atom. The topological polar surface area (TPSA) is 34.1 Å². The molecule has 0 bridgehead atoms. The van der Waals surface area contributed by atoms with Crippen molar-refractivity contribution in [2.75, 3.05) is 0 Å². The number of allylic oxidation sites excluding steroid dienone is 1. The number of rotatable bonds is 1. The average Bonchev–Trinajstić information content (AvgIpc) is 2.39. The summed E-state index contributed by atoms with van der Waals surface area (Å²) in [7, 11) is -3.30. The number of sulfone groups is 1. The van der Waals surface area contributed by atoms with Crippen molar-refractivity contribution in [2.24, 2.45) is 0 Å². The molecule has 0 fully saturated rings. The minimum Gasteiger partial charge on any atom is -0.223 e.